The molecule has 2 aromatic heterocycles. The van der Waals surface area contributed by atoms with Crippen LogP contribution in [-0.4, -0.2) is 27.5 Å². The maximum Gasteiger partial charge on any atom is 0.338 e. The summed E-state index contributed by atoms with van der Waals surface area (Å²) in [6.45, 7) is 0.276. The van der Waals surface area contributed by atoms with Crippen LogP contribution in [0.4, 0.5) is 0 Å². The molecule has 0 amide bonds. The van der Waals surface area contributed by atoms with Gasteiger partial charge in [0.1, 0.15) is 11.3 Å². The van der Waals surface area contributed by atoms with E-state index < -0.39 is 5.97 Å². The number of hydrogen-bond acceptors (Lipinski definition) is 6. The van der Waals surface area contributed by atoms with Gasteiger partial charge in [-0.15, -0.1) is 0 Å². The summed E-state index contributed by atoms with van der Waals surface area (Å²) < 4.78 is 11.1. The van der Waals surface area contributed by atoms with Crippen LogP contribution in [0.3, 0.4) is 0 Å². The lowest BCUT2D eigenvalue weighted by Crippen LogP contribution is -2.07. The number of carbonyl (C=O) groups excluding carboxylic acids is 1. The van der Waals surface area contributed by atoms with Gasteiger partial charge in [-0.05, 0) is 48.9 Å². The number of nitrogens with zero attached hydrogens (tertiary/aromatic N) is 3. The standard InChI is InChI=1S/C21H15Cl2N3O3/c22-15-9-14(10-16(23)12-15)20-26-17-5-4-13(11-18(17)29-20)21(27)28-8-1-3-19-24-6-2-7-25-19/h2,4-7,9-12H,1,3,8H2. The van der Waals surface area contributed by atoms with Crippen LogP contribution in [0, 0.1) is 0 Å². The molecule has 0 unspecified atom stereocenters. The Morgan fingerprint density at radius 3 is 2.55 bits per heavy atom. The highest BCUT2D eigenvalue weighted by Gasteiger charge is 2.14. The zero-order valence-corrected chi connectivity index (χ0v) is 16.7. The molecule has 29 heavy (non-hydrogen) atoms. The topological polar surface area (TPSA) is 78.1 Å². The van der Waals surface area contributed by atoms with Gasteiger partial charge in [-0.1, -0.05) is 23.2 Å². The quantitative estimate of drug-likeness (QED) is 0.303. The lowest BCUT2D eigenvalue weighted by molar-refractivity contribution is 0.0500. The Hall–Kier alpha value is -2.96. The van der Waals surface area contributed by atoms with Crippen molar-refractivity contribution in [1.29, 1.82) is 0 Å². The number of hydrogen-bond donors (Lipinski definition) is 0. The first-order chi connectivity index (χ1) is 14.1. The monoisotopic (exact) mass is 427 g/mol. The maximum atomic E-state index is 12.3. The Balaban J connectivity index is 1.43. The van der Waals surface area contributed by atoms with Crippen molar-refractivity contribution in [3.8, 4) is 11.5 Å². The van der Waals surface area contributed by atoms with Gasteiger partial charge in [-0.2, -0.15) is 0 Å². The van der Waals surface area contributed by atoms with E-state index in [1.54, 1.807) is 54.9 Å². The molecule has 0 aliphatic rings. The van der Waals surface area contributed by atoms with Crippen LogP contribution in [-0.2, 0) is 11.2 Å². The minimum atomic E-state index is -0.426. The second-order valence-electron chi connectivity index (χ2n) is 6.26. The summed E-state index contributed by atoms with van der Waals surface area (Å²) in [6, 6.07) is 11.8. The summed E-state index contributed by atoms with van der Waals surface area (Å²) in [5.41, 5.74) is 2.14. The van der Waals surface area contributed by atoms with Crippen molar-refractivity contribution in [2.75, 3.05) is 6.61 Å². The van der Waals surface area contributed by atoms with Crippen molar-refractivity contribution in [2.24, 2.45) is 0 Å². The summed E-state index contributed by atoms with van der Waals surface area (Å²) in [5.74, 6) is 0.669. The molecule has 0 saturated heterocycles. The number of aromatic nitrogens is 3. The molecule has 8 heteroatoms. The van der Waals surface area contributed by atoms with Crippen LogP contribution in [0.25, 0.3) is 22.6 Å². The summed E-state index contributed by atoms with van der Waals surface area (Å²) >= 11 is 12.1. The van der Waals surface area contributed by atoms with Crippen LogP contribution in [0.1, 0.15) is 22.6 Å². The number of esters is 1. The van der Waals surface area contributed by atoms with Crippen molar-refractivity contribution in [3.05, 3.63) is 76.3 Å². The average Bonchev–Trinajstić information content (AvgIpc) is 3.14. The molecule has 0 fully saturated rings. The molecule has 0 aliphatic carbocycles. The Morgan fingerprint density at radius 2 is 1.79 bits per heavy atom. The lowest BCUT2D eigenvalue weighted by atomic mass is 10.2. The fraction of sp³-hybridized carbons (Fsp3) is 0.143. The van der Waals surface area contributed by atoms with Crippen LogP contribution < -0.4 is 0 Å². The summed E-state index contributed by atoms with van der Waals surface area (Å²) in [4.78, 5) is 25.0. The zero-order valence-electron chi connectivity index (χ0n) is 15.1. The van der Waals surface area contributed by atoms with Crippen LogP contribution >= 0.6 is 23.2 Å². The minimum absolute atomic E-state index is 0.276. The first-order valence-electron chi connectivity index (χ1n) is 8.88. The van der Waals surface area contributed by atoms with Crippen molar-refractivity contribution < 1.29 is 13.9 Å². The van der Waals surface area contributed by atoms with Crippen LogP contribution in [0.2, 0.25) is 10.0 Å². The number of aryl methyl sites for hydroxylation is 1. The van der Waals surface area contributed by atoms with Gasteiger partial charge in [0, 0.05) is 34.4 Å². The molecule has 2 aromatic carbocycles. The molecule has 0 aliphatic heterocycles. The number of rotatable bonds is 6. The minimum Gasteiger partial charge on any atom is -0.462 e. The van der Waals surface area contributed by atoms with Gasteiger partial charge in [-0.3, -0.25) is 0 Å². The Labute approximate surface area is 176 Å². The summed E-state index contributed by atoms with van der Waals surface area (Å²) in [5, 5.41) is 0.972. The largest absolute Gasteiger partial charge is 0.462 e. The predicted octanol–water partition coefficient (Wildman–Crippen LogP) is 5.38. The van der Waals surface area contributed by atoms with E-state index in [-0.39, 0.29) is 6.61 Å². The van der Waals surface area contributed by atoms with E-state index in [0.717, 1.165) is 5.82 Å². The molecule has 0 atom stereocenters. The number of oxazole rings is 1. The highest BCUT2D eigenvalue weighted by molar-refractivity contribution is 6.35. The molecule has 4 aromatic rings. The average molecular weight is 428 g/mol. The highest BCUT2D eigenvalue weighted by Crippen LogP contribution is 2.29. The number of benzene rings is 2. The highest BCUT2D eigenvalue weighted by atomic mass is 35.5. The molecule has 0 radical (unpaired) electrons. The first kappa shape index (κ1) is 19.4. The lowest BCUT2D eigenvalue weighted by Gasteiger charge is -2.04. The van der Waals surface area contributed by atoms with Gasteiger partial charge in [0.25, 0.3) is 0 Å². The second kappa shape index (κ2) is 8.59. The van der Waals surface area contributed by atoms with E-state index in [0.29, 0.717) is 51.0 Å². The van der Waals surface area contributed by atoms with Crippen molar-refractivity contribution >= 4 is 40.3 Å². The molecule has 0 N–H and O–H groups in total. The van der Waals surface area contributed by atoms with Gasteiger partial charge in [0.05, 0.1) is 12.2 Å². The number of carbonyl (C=O) groups is 1. The van der Waals surface area contributed by atoms with Crippen molar-refractivity contribution in [3.63, 3.8) is 0 Å². The molecule has 146 valence electrons. The molecule has 6 nitrogen and oxygen atoms in total. The molecule has 4 rings (SSSR count). The molecular formula is C21H15Cl2N3O3. The van der Waals surface area contributed by atoms with Gasteiger partial charge in [0.15, 0.2) is 5.58 Å². The fourth-order valence-electron chi connectivity index (χ4n) is 2.79. The van der Waals surface area contributed by atoms with Crippen molar-refractivity contribution in [2.45, 2.75) is 12.8 Å². The third kappa shape index (κ3) is 4.72. The number of ether oxygens (including phenoxy) is 1. The Morgan fingerprint density at radius 1 is 1.03 bits per heavy atom. The third-order valence-electron chi connectivity index (χ3n) is 4.13. The Bertz CT molecular complexity index is 1140. The van der Waals surface area contributed by atoms with Gasteiger partial charge in [-0.25, -0.2) is 19.7 Å². The molecule has 0 bridgehead atoms. The number of fused-ring (bicyclic) bond motifs is 1. The summed E-state index contributed by atoms with van der Waals surface area (Å²) in [6.07, 6.45) is 4.65. The Kier molecular flexibility index (Phi) is 5.74. The SMILES string of the molecule is O=C(OCCCc1ncccn1)c1ccc2nc(-c3cc(Cl)cc(Cl)c3)oc2c1. The third-order valence-corrected chi connectivity index (χ3v) is 4.57. The molecular weight excluding hydrogens is 413 g/mol. The van der Waals surface area contributed by atoms with Crippen molar-refractivity contribution in [1.82, 2.24) is 15.0 Å². The maximum absolute atomic E-state index is 12.3. The van der Waals surface area contributed by atoms with Gasteiger partial charge >= 0.3 is 5.97 Å². The fourth-order valence-corrected chi connectivity index (χ4v) is 3.32. The number of halogens is 2. The van der Waals surface area contributed by atoms with E-state index >= 15 is 0 Å². The van der Waals surface area contributed by atoms with Gasteiger partial charge in [0.2, 0.25) is 5.89 Å². The zero-order chi connectivity index (χ0) is 20.2. The van der Waals surface area contributed by atoms with E-state index in [4.69, 9.17) is 32.4 Å². The first-order valence-corrected chi connectivity index (χ1v) is 9.64. The van der Waals surface area contributed by atoms with E-state index in [2.05, 4.69) is 15.0 Å². The van der Waals surface area contributed by atoms with E-state index in [9.17, 15) is 4.79 Å². The smallest absolute Gasteiger partial charge is 0.338 e. The van der Waals surface area contributed by atoms with E-state index in [1.807, 2.05) is 0 Å². The van der Waals surface area contributed by atoms with Crippen LogP contribution in [0.5, 0.6) is 0 Å². The van der Waals surface area contributed by atoms with Crippen LogP contribution in [0.15, 0.2) is 59.3 Å². The molecule has 0 spiro atoms. The molecule has 0 saturated carbocycles. The van der Waals surface area contributed by atoms with Gasteiger partial charge < -0.3 is 9.15 Å². The molecule has 2 heterocycles. The second-order valence-corrected chi connectivity index (χ2v) is 7.14. The predicted molar refractivity (Wildman–Crippen MR) is 110 cm³/mol. The summed E-state index contributed by atoms with van der Waals surface area (Å²) in [7, 11) is 0. The normalized spacial score (nSPS) is 11.0. The van der Waals surface area contributed by atoms with E-state index in [1.165, 1.54) is 0 Å².